The van der Waals surface area contributed by atoms with Gasteiger partial charge in [-0.3, -0.25) is 5.14 Å². The summed E-state index contributed by atoms with van der Waals surface area (Å²) in [5.41, 5.74) is 1.78. The van der Waals surface area contributed by atoms with Gasteiger partial charge in [-0.05, 0) is 36.2 Å². The first-order valence-electron chi connectivity index (χ1n) is 5.78. The Hall–Kier alpha value is -1.57. The van der Waals surface area contributed by atoms with E-state index in [0.717, 1.165) is 32.5 Å². The number of hydrogen-bond donors (Lipinski definition) is 2. The number of aromatic nitrogens is 3. The molecule has 3 rings (SSSR count). The topological polar surface area (TPSA) is 76.4 Å². The summed E-state index contributed by atoms with van der Waals surface area (Å²) < 4.78 is 2.49. The highest BCUT2D eigenvalue weighted by Gasteiger charge is 2.09. The number of phenolic OH excluding ortho intramolecular Hbond substituents is 1. The summed E-state index contributed by atoms with van der Waals surface area (Å²) in [6.07, 6.45) is 1.85. The molecule has 2 heterocycles. The number of benzene rings is 1. The highest BCUT2D eigenvalue weighted by molar-refractivity contribution is 7.98. The van der Waals surface area contributed by atoms with E-state index in [1.54, 1.807) is 16.6 Å². The number of rotatable bonds is 2. The zero-order valence-corrected chi connectivity index (χ0v) is 12.2. The Morgan fingerprint density at radius 2 is 1.95 bits per heavy atom. The number of nitrogens with zero attached hydrogens (tertiary/aromatic N) is 3. The summed E-state index contributed by atoms with van der Waals surface area (Å²) in [6.45, 7) is 4.00. The lowest BCUT2D eigenvalue weighted by atomic mass is 10.2. The zero-order chi connectivity index (χ0) is 13.8. The molecule has 5 nitrogen and oxygen atoms in total. The van der Waals surface area contributed by atoms with E-state index < -0.39 is 0 Å². The van der Waals surface area contributed by atoms with Crippen molar-refractivity contribution in [2.45, 2.75) is 18.2 Å². The van der Waals surface area contributed by atoms with Crippen LogP contribution in [-0.2, 0) is 0 Å². The van der Waals surface area contributed by atoms with E-state index in [1.165, 1.54) is 11.3 Å². The Labute approximate surface area is 119 Å². The van der Waals surface area contributed by atoms with Gasteiger partial charge in [-0.25, -0.2) is 9.50 Å². The maximum Gasteiger partial charge on any atom is 0.213 e. The van der Waals surface area contributed by atoms with Gasteiger partial charge in [0.05, 0.1) is 11.9 Å². The van der Waals surface area contributed by atoms with Gasteiger partial charge in [-0.1, -0.05) is 25.2 Å². The van der Waals surface area contributed by atoms with Crippen molar-refractivity contribution < 1.29 is 5.11 Å². The second kappa shape index (κ2) is 6.05. The summed E-state index contributed by atoms with van der Waals surface area (Å²) >= 11 is 2.56. The lowest BCUT2D eigenvalue weighted by molar-refractivity contribution is 0.475. The Kier molecular flexibility index (Phi) is 4.41. The van der Waals surface area contributed by atoms with Crippen molar-refractivity contribution in [3.05, 3.63) is 30.5 Å². The highest BCUT2D eigenvalue weighted by atomic mass is 32.2. The van der Waals surface area contributed by atoms with E-state index in [-0.39, 0.29) is 5.75 Å². The van der Waals surface area contributed by atoms with Crippen LogP contribution in [0.15, 0.2) is 34.8 Å². The van der Waals surface area contributed by atoms with Crippen molar-refractivity contribution in [2.24, 2.45) is 5.14 Å². The molecule has 0 unspecified atom stereocenters. The van der Waals surface area contributed by atoms with Crippen molar-refractivity contribution in [2.75, 3.05) is 0 Å². The monoisotopic (exact) mass is 294 g/mol. The van der Waals surface area contributed by atoms with Gasteiger partial charge in [0.2, 0.25) is 4.96 Å². The quantitative estimate of drug-likeness (QED) is 0.710. The molecule has 1 aromatic carbocycles. The molecule has 0 bridgehead atoms. The maximum atomic E-state index is 9.22. The molecule has 19 heavy (non-hydrogen) atoms. The smallest absolute Gasteiger partial charge is 0.213 e. The molecule has 0 spiro atoms. The third-order valence-electron chi connectivity index (χ3n) is 2.29. The summed E-state index contributed by atoms with van der Waals surface area (Å²) in [7, 11) is 0. The number of aromatic hydroxyl groups is 1. The van der Waals surface area contributed by atoms with Crippen molar-refractivity contribution in [1.82, 2.24) is 14.6 Å². The SMILES string of the molecule is CC.NSc1nn2cc(-c3ccc(O)cc3)nc2s1. The largest absolute Gasteiger partial charge is 0.508 e. The molecule has 3 aromatic rings. The van der Waals surface area contributed by atoms with Gasteiger partial charge in [-0.15, -0.1) is 5.10 Å². The molecular weight excluding hydrogens is 280 g/mol. The predicted molar refractivity (Wildman–Crippen MR) is 79.4 cm³/mol. The lowest BCUT2D eigenvalue weighted by Gasteiger charge is -1.95. The Morgan fingerprint density at radius 1 is 1.26 bits per heavy atom. The zero-order valence-electron chi connectivity index (χ0n) is 10.6. The molecule has 3 N–H and O–H groups in total. The molecule has 0 aliphatic rings. The molecule has 0 radical (unpaired) electrons. The minimum absolute atomic E-state index is 0.245. The normalized spacial score (nSPS) is 10.3. The van der Waals surface area contributed by atoms with Crippen LogP contribution in [0.5, 0.6) is 5.75 Å². The standard InChI is InChI=1S/C10H8N4OS2.C2H6/c11-17-10-13-14-5-8(12-9(14)16-10)6-1-3-7(15)4-2-6;1-2/h1-5,15H,11H2;1-2H3. The van der Waals surface area contributed by atoms with Crippen LogP contribution in [0.2, 0.25) is 0 Å². The second-order valence-corrected chi connectivity index (χ2v) is 5.22. The third kappa shape index (κ3) is 2.89. The minimum Gasteiger partial charge on any atom is -0.508 e. The van der Waals surface area contributed by atoms with E-state index in [0.29, 0.717) is 0 Å². The Balaban J connectivity index is 0.000000637. The molecule has 0 atom stereocenters. The van der Waals surface area contributed by atoms with Crippen molar-refractivity contribution in [3.8, 4) is 17.0 Å². The molecule has 0 saturated carbocycles. The number of hydrogen-bond acceptors (Lipinski definition) is 6. The molecule has 7 heteroatoms. The predicted octanol–water partition coefficient (Wildman–Crippen LogP) is 3.16. The van der Waals surface area contributed by atoms with Gasteiger partial charge in [-0.2, -0.15) is 0 Å². The fourth-order valence-electron chi connectivity index (χ4n) is 1.50. The van der Waals surface area contributed by atoms with Crippen LogP contribution >= 0.6 is 23.3 Å². The third-order valence-corrected chi connectivity index (χ3v) is 3.83. The summed E-state index contributed by atoms with van der Waals surface area (Å²) in [5, 5.41) is 18.9. The molecule has 0 aliphatic heterocycles. The minimum atomic E-state index is 0.245. The molecule has 100 valence electrons. The molecule has 0 amide bonds. The van der Waals surface area contributed by atoms with Crippen LogP contribution in [0, 0.1) is 0 Å². The van der Waals surface area contributed by atoms with Crippen LogP contribution in [0.4, 0.5) is 0 Å². The first kappa shape index (κ1) is 13.9. The summed E-state index contributed by atoms with van der Waals surface area (Å²) in [6, 6.07) is 6.91. The number of nitrogens with two attached hydrogens (primary N) is 1. The van der Waals surface area contributed by atoms with E-state index in [4.69, 9.17) is 5.14 Å². The summed E-state index contributed by atoms with van der Waals surface area (Å²) in [5.74, 6) is 0.245. The number of fused-ring (bicyclic) bond motifs is 1. The Morgan fingerprint density at radius 3 is 2.53 bits per heavy atom. The molecular formula is C12H14N4OS2. The number of imidazole rings is 1. The van der Waals surface area contributed by atoms with Crippen molar-refractivity contribution in [1.29, 1.82) is 0 Å². The van der Waals surface area contributed by atoms with Gasteiger partial charge in [0.25, 0.3) is 0 Å². The van der Waals surface area contributed by atoms with Crippen LogP contribution in [0.25, 0.3) is 16.2 Å². The van der Waals surface area contributed by atoms with Gasteiger partial charge in [0.15, 0.2) is 4.34 Å². The molecule has 0 fully saturated rings. The maximum absolute atomic E-state index is 9.22. The fourth-order valence-corrected chi connectivity index (χ4v) is 2.67. The van der Waals surface area contributed by atoms with E-state index >= 15 is 0 Å². The second-order valence-electron chi connectivity index (χ2n) is 3.39. The van der Waals surface area contributed by atoms with Gasteiger partial charge in [0.1, 0.15) is 5.75 Å². The molecule has 2 aromatic heterocycles. The first-order valence-corrected chi connectivity index (χ1v) is 7.48. The molecule has 0 saturated heterocycles. The average molecular weight is 294 g/mol. The average Bonchev–Trinajstić information content (AvgIpc) is 2.99. The van der Waals surface area contributed by atoms with E-state index in [2.05, 4.69) is 10.1 Å². The van der Waals surface area contributed by atoms with Gasteiger partial charge in [0, 0.05) is 5.56 Å². The first-order chi connectivity index (χ1) is 9.26. The molecule has 0 aliphatic carbocycles. The van der Waals surface area contributed by atoms with Crippen molar-refractivity contribution >= 4 is 28.2 Å². The lowest BCUT2D eigenvalue weighted by Crippen LogP contribution is -1.82. The number of phenols is 1. The van der Waals surface area contributed by atoms with Gasteiger partial charge >= 0.3 is 0 Å². The van der Waals surface area contributed by atoms with Gasteiger partial charge < -0.3 is 5.11 Å². The van der Waals surface area contributed by atoms with Crippen LogP contribution in [-0.4, -0.2) is 19.7 Å². The fraction of sp³-hybridized carbons (Fsp3) is 0.167. The summed E-state index contributed by atoms with van der Waals surface area (Å²) in [4.78, 5) is 5.26. The van der Waals surface area contributed by atoms with E-state index in [9.17, 15) is 5.11 Å². The highest BCUT2D eigenvalue weighted by Crippen LogP contribution is 2.25. The van der Waals surface area contributed by atoms with Crippen LogP contribution in [0.3, 0.4) is 0 Å². The Bertz CT molecular complexity index is 628. The van der Waals surface area contributed by atoms with E-state index in [1.807, 2.05) is 32.2 Å². The van der Waals surface area contributed by atoms with Crippen LogP contribution in [0.1, 0.15) is 13.8 Å². The van der Waals surface area contributed by atoms with Crippen molar-refractivity contribution in [3.63, 3.8) is 0 Å². The van der Waals surface area contributed by atoms with Crippen LogP contribution < -0.4 is 5.14 Å².